The lowest BCUT2D eigenvalue weighted by atomic mass is 9.95. The molecule has 4 nitrogen and oxygen atoms in total. The largest absolute Gasteiger partial charge is 0.476 e. The van der Waals surface area contributed by atoms with E-state index in [1.165, 1.54) is 30.6 Å². The molecule has 94 valence electrons. The first-order chi connectivity index (χ1) is 8.20. The maximum Gasteiger partial charge on any atom is 0.355 e. The summed E-state index contributed by atoms with van der Waals surface area (Å²) in [6.45, 7) is 0. The van der Waals surface area contributed by atoms with Gasteiger partial charge in [0.1, 0.15) is 0 Å². The standard InChI is InChI=1S/C11H16N2O2S2/c1-16-9-5-3-2-4-7(9)12-11-13-8(6-17-11)10(14)15/h6-7,9H,2-5H2,1H3,(H,12,13)(H,14,15). The minimum Gasteiger partial charge on any atom is -0.476 e. The Morgan fingerprint density at radius 3 is 3.00 bits per heavy atom. The second kappa shape index (κ2) is 5.73. The van der Waals surface area contributed by atoms with Crippen molar-refractivity contribution in [2.24, 2.45) is 0 Å². The molecule has 1 heterocycles. The molecule has 1 aliphatic rings. The molecule has 0 bridgehead atoms. The van der Waals surface area contributed by atoms with Gasteiger partial charge >= 0.3 is 5.97 Å². The van der Waals surface area contributed by atoms with Crippen LogP contribution >= 0.6 is 23.1 Å². The molecule has 0 aliphatic heterocycles. The van der Waals surface area contributed by atoms with E-state index >= 15 is 0 Å². The van der Waals surface area contributed by atoms with Gasteiger partial charge in [-0.05, 0) is 19.1 Å². The van der Waals surface area contributed by atoms with Crippen molar-refractivity contribution < 1.29 is 9.90 Å². The lowest BCUT2D eigenvalue weighted by molar-refractivity contribution is 0.0691. The monoisotopic (exact) mass is 272 g/mol. The molecule has 0 aromatic carbocycles. The molecule has 1 aromatic heterocycles. The van der Waals surface area contributed by atoms with Gasteiger partial charge < -0.3 is 10.4 Å². The number of nitrogens with one attached hydrogen (secondary N) is 1. The van der Waals surface area contributed by atoms with Crippen LogP contribution in [0.3, 0.4) is 0 Å². The summed E-state index contributed by atoms with van der Waals surface area (Å²) in [5, 5.41) is 15.1. The molecule has 2 unspecified atom stereocenters. The van der Waals surface area contributed by atoms with E-state index in [1.54, 1.807) is 5.38 Å². The Hall–Kier alpha value is -0.750. The van der Waals surface area contributed by atoms with Gasteiger partial charge in [-0.2, -0.15) is 11.8 Å². The number of rotatable bonds is 4. The summed E-state index contributed by atoms with van der Waals surface area (Å²) >= 11 is 3.26. The third-order valence-electron chi connectivity index (χ3n) is 3.04. The summed E-state index contributed by atoms with van der Waals surface area (Å²) in [4.78, 5) is 14.8. The van der Waals surface area contributed by atoms with E-state index in [0.29, 0.717) is 11.3 Å². The lowest BCUT2D eigenvalue weighted by Crippen LogP contribution is -2.34. The predicted molar refractivity (Wildman–Crippen MR) is 72.3 cm³/mol. The van der Waals surface area contributed by atoms with Crippen LogP contribution in [0.2, 0.25) is 0 Å². The van der Waals surface area contributed by atoms with E-state index in [4.69, 9.17) is 5.11 Å². The van der Waals surface area contributed by atoms with E-state index < -0.39 is 5.97 Å². The molecule has 6 heteroatoms. The van der Waals surface area contributed by atoms with E-state index in [9.17, 15) is 4.79 Å². The van der Waals surface area contributed by atoms with Crippen LogP contribution in [0.1, 0.15) is 36.2 Å². The highest BCUT2D eigenvalue weighted by Gasteiger charge is 2.25. The third-order valence-corrected chi connectivity index (χ3v) is 4.98. The van der Waals surface area contributed by atoms with Crippen LogP contribution < -0.4 is 5.32 Å². The number of hydrogen-bond donors (Lipinski definition) is 2. The number of carboxylic acids is 1. The number of anilines is 1. The van der Waals surface area contributed by atoms with Gasteiger partial charge in [0.2, 0.25) is 0 Å². The molecule has 0 saturated heterocycles. The van der Waals surface area contributed by atoms with Crippen LogP contribution in [-0.4, -0.2) is 33.6 Å². The molecule has 2 atom stereocenters. The van der Waals surface area contributed by atoms with Crippen LogP contribution in [-0.2, 0) is 0 Å². The molecule has 17 heavy (non-hydrogen) atoms. The molecule has 1 saturated carbocycles. The maximum atomic E-state index is 10.7. The molecule has 0 radical (unpaired) electrons. The normalized spacial score (nSPS) is 24.5. The summed E-state index contributed by atoms with van der Waals surface area (Å²) in [6, 6.07) is 0.423. The molecule has 0 spiro atoms. The number of aromatic carboxylic acids is 1. The van der Waals surface area contributed by atoms with Crippen molar-refractivity contribution in [3.05, 3.63) is 11.1 Å². The van der Waals surface area contributed by atoms with Gasteiger partial charge in [0.25, 0.3) is 0 Å². The number of nitrogens with zero attached hydrogens (tertiary/aromatic N) is 1. The Bertz CT molecular complexity index is 395. The Morgan fingerprint density at radius 2 is 2.35 bits per heavy atom. The Kier molecular flexibility index (Phi) is 4.28. The van der Waals surface area contributed by atoms with Crippen molar-refractivity contribution in [2.45, 2.75) is 37.0 Å². The quantitative estimate of drug-likeness (QED) is 0.882. The Morgan fingerprint density at radius 1 is 1.59 bits per heavy atom. The van der Waals surface area contributed by atoms with Gasteiger partial charge in [-0.25, -0.2) is 9.78 Å². The fourth-order valence-corrected chi connectivity index (χ4v) is 3.82. The zero-order chi connectivity index (χ0) is 12.3. The summed E-state index contributed by atoms with van der Waals surface area (Å²) in [5.74, 6) is -0.959. The van der Waals surface area contributed by atoms with Gasteiger partial charge in [-0.1, -0.05) is 12.8 Å². The van der Waals surface area contributed by atoms with E-state index in [2.05, 4.69) is 16.6 Å². The highest BCUT2D eigenvalue weighted by atomic mass is 32.2. The number of thiazole rings is 1. The SMILES string of the molecule is CSC1CCCCC1Nc1nc(C(=O)O)cs1. The Balaban J connectivity index is 2.00. The van der Waals surface area contributed by atoms with Crippen molar-refractivity contribution in [1.82, 2.24) is 4.98 Å². The molecule has 1 aromatic rings. The maximum absolute atomic E-state index is 10.7. The molecule has 2 N–H and O–H groups in total. The highest BCUT2D eigenvalue weighted by molar-refractivity contribution is 7.99. The van der Waals surface area contributed by atoms with Crippen molar-refractivity contribution in [1.29, 1.82) is 0 Å². The first-order valence-electron chi connectivity index (χ1n) is 5.69. The van der Waals surface area contributed by atoms with Gasteiger partial charge in [-0.3, -0.25) is 0 Å². The molecular formula is C11H16N2O2S2. The van der Waals surface area contributed by atoms with Crippen molar-refractivity contribution in [2.75, 3.05) is 11.6 Å². The molecule has 2 rings (SSSR count). The van der Waals surface area contributed by atoms with Crippen LogP contribution in [0.25, 0.3) is 0 Å². The minimum absolute atomic E-state index is 0.133. The zero-order valence-electron chi connectivity index (χ0n) is 9.68. The molecule has 0 amide bonds. The summed E-state index contributed by atoms with van der Waals surface area (Å²) in [7, 11) is 0. The van der Waals surface area contributed by atoms with Crippen LogP contribution in [0.5, 0.6) is 0 Å². The summed E-state index contributed by atoms with van der Waals surface area (Å²) < 4.78 is 0. The van der Waals surface area contributed by atoms with E-state index in [-0.39, 0.29) is 5.69 Å². The van der Waals surface area contributed by atoms with E-state index in [0.717, 1.165) is 11.6 Å². The van der Waals surface area contributed by atoms with Crippen molar-refractivity contribution in [3.8, 4) is 0 Å². The first kappa shape index (κ1) is 12.7. The average Bonchev–Trinajstić information content (AvgIpc) is 2.78. The van der Waals surface area contributed by atoms with Gasteiger partial charge in [0.05, 0.1) is 0 Å². The van der Waals surface area contributed by atoms with Gasteiger partial charge in [-0.15, -0.1) is 11.3 Å². The van der Waals surface area contributed by atoms with Crippen molar-refractivity contribution in [3.63, 3.8) is 0 Å². The number of carbonyl (C=O) groups is 1. The first-order valence-corrected chi connectivity index (χ1v) is 7.85. The lowest BCUT2D eigenvalue weighted by Gasteiger charge is -2.30. The molecule has 1 fully saturated rings. The predicted octanol–water partition coefficient (Wildman–Crippen LogP) is 2.93. The Labute approximate surface area is 109 Å². The second-order valence-corrected chi connectivity index (χ2v) is 6.09. The smallest absolute Gasteiger partial charge is 0.355 e. The molecular weight excluding hydrogens is 256 g/mol. The fraction of sp³-hybridized carbons (Fsp3) is 0.636. The van der Waals surface area contributed by atoms with Gasteiger partial charge in [0, 0.05) is 16.7 Å². The number of carboxylic acid groups (broad SMARTS) is 1. The minimum atomic E-state index is -0.959. The third kappa shape index (κ3) is 3.13. The van der Waals surface area contributed by atoms with Crippen molar-refractivity contribution >= 4 is 34.2 Å². The topological polar surface area (TPSA) is 62.2 Å². The highest BCUT2D eigenvalue weighted by Crippen LogP contribution is 2.30. The van der Waals surface area contributed by atoms with Crippen LogP contribution in [0.15, 0.2) is 5.38 Å². The van der Waals surface area contributed by atoms with E-state index in [1.807, 2.05) is 11.8 Å². The summed E-state index contributed by atoms with van der Waals surface area (Å²) in [6.07, 6.45) is 7.05. The summed E-state index contributed by atoms with van der Waals surface area (Å²) in [5.41, 5.74) is 0.133. The number of aromatic nitrogens is 1. The fourth-order valence-electron chi connectivity index (χ4n) is 2.14. The van der Waals surface area contributed by atoms with Crippen LogP contribution in [0.4, 0.5) is 5.13 Å². The zero-order valence-corrected chi connectivity index (χ0v) is 11.3. The van der Waals surface area contributed by atoms with Crippen LogP contribution in [0, 0.1) is 0 Å². The average molecular weight is 272 g/mol. The van der Waals surface area contributed by atoms with Gasteiger partial charge in [0.15, 0.2) is 10.8 Å². The second-order valence-electron chi connectivity index (χ2n) is 4.15. The number of hydrogen-bond acceptors (Lipinski definition) is 5. The molecule has 1 aliphatic carbocycles. The number of thioether (sulfide) groups is 1.